The van der Waals surface area contributed by atoms with Crippen LogP contribution in [-0.4, -0.2) is 12.8 Å². The van der Waals surface area contributed by atoms with Crippen molar-refractivity contribution >= 4 is 19.0 Å². The van der Waals surface area contributed by atoms with Crippen LogP contribution in [0, 0.1) is 11.3 Å². The molecule has 0 amide bonds. The summed E-state index contributed by atoms with van der Waals surface area (Å²) in [5, 5.41) is 8.38. The fourth-order valence-electron chi connectivity index (χ4n) is 0.592. The minimum atomic E-state index is 0.217. The van der Waals surface area contributed by atoms with Crippen LogP contribution in [0.2, 0.25) is 0 Å². The van der Waals surface area contributed by atoms with Gasteiger partial charge in [0.15, 0.2) is 0 Å². The molecule has 0 aliphatic carbocycles. The van der Waals surface area contributed by atoms with Gasteiger partial charge in [0.25, 0.3) is 0 Å². The zero-order valence-electron chi connectivity index (χ0n) is 5.20. The summed E-state index contributed by atoms with van der Waals surface area (Å²) in [5.74, 6) is 0. The second kappa shape index (κ2) is 2.40. The van der Waals surface area contributed by atoms with E-state index in [0.29, 0.717) is 11.2 Å². The van der Waals surface area contributed by atoms with E-state index < -0.39 is 0 Å². The number of rotatable bonds is 0. The molecule has 1 rings (SSSR count). The summed E-state index contributed by atoms with van der Waals surface area (Å²) in [7, 11) is 5.37. The van der Waals surface area contributed by atoms with E-state index in [1.807, 2.05) is 6.07 Å². The summed E-state index contributed by atoms with van der Waals surface area (Å²) in [6, 6.07) is 3.34. The van der Waals surface area contributed by atoms with Crippen LogP contribution < -0.4 is 11.2 Å². The van der Waals surface area contributed by atoms with Crippen LogP contribution in [0.1, 0.15) is 5.69 Å². The van der Waals surface area contributed by atoms with Crippen LogP contribution in [0.4, 0.5) is 5.69 Å². The van der Waals surface area contributed by atoms with E-state index in [0.717, 1.165) is 0 Å². The molecule has 0 spiro atoms. The molecule has 0 fully saturated rings. The Morgan fingerprint density at radius 3 is 2.90 bits per heavy atom. The fourth-order valence-corrected chi connectivity index (χ4v) is 0.592. The molecule has 0 bridgehead atoms. The molecule has 1 aromatic heterocycles. The molecule has 1 aromatic rings. The van der Waals surface area contributed by atoms with Crippen LogP contribution >= 0.6 is 0 Å². The van der Waals surface area contributed by atoms with Crippen molar-refractivity contribution in [3.63, 3.8) is 0 Å². The summed E-state index contributed by atoms with van der Waals surface area (Å²) >= 11 is 0. The van der Waals surface area contributed by atoms with E-state index in [2.05, 4.69) is 4.98 Å². The van der Waals surface area contributed by atoms with E-state index in [9.17, 15) is 0 Å². The van der Waals surface area contributed by atoms with Gasteiger partial charge in [-0.25, -0.2) is 4.98 Å². The van der Waals surface area contributed by atoms with E-state index in [4.69, 9.17) is 18.8 Å². The number of aromatic nitrogens is 1. The maximum atomic E-state index is 8.38. The molecule has 4 heteroatoms. The molecule has 2 N–H and O–H groups in total. The number of hydrogen-bond donors (Lipinski definition) is 1. The van der Waals surface area contributed by atoms with Gasteiger partial charge in [0.2, 0.25) is 0 Å². The molecule has 0 unspecified atom stereocenters. The molecule has 3 nitrogen and oxygen atoms in total. The maximum absolute atomic E-state index is 8.38. The third kappa shape index (κ3) is 1.08. The minimum Gasteiger partial charge on any atom is -0.397 e. The number of nitriles is 1. The molecular formula is C6H4BN3. The quantitative estimate of drug-likeness (QED) is 0.472. The van der Waals surface area contributed by atoms with Gasteiger partial charge in [-0.05, 0) is 6.07 Å². The summed E-state index contributed by atoms with van der Waals surface area (Å²) < 4.78 is 0. The number of anilines is 1. The van der Waals surface area contributed by atoms with Gasteiger partial charge < -0.3 is 5.73 Å². The smallest absolute Gasteiger partial charge is 0.133 e. The first-order valence-corrected chi connectivity index (χ1v) is 2.65. The van der Waals surface area contributed by atoms with E-state index in [-0.39, 0.29) is 5.69 Å². The van der Waals surface area contributed by atoms with Crippen molar-refractivity contribution in [2.75, 3.05) is 5.73 Å². The number of hydrogen-bond acceptors (Lipinski definition) is 3. The zero-order valence-corrected chi connectivity index (χ0v) is 5.20. The highest BCUT2D eigenvalue weighted by Crippen LogP contribution is 1.95. The van der Waals surface area contributed by atoms with Gasteiger partial charge in [-0.3, -0.25) is 0 Å². The topological polar surface area (TPSA) is 62.7 Å². The molecule has 46 valence electrons. The van der Waals surface area contributed by atoms with Crippen LogP contribution in [0.25, 0.3) is 0 Å². The Morgan fingerprint density at radius 1 is 1.70 bits per heavy atom. The standard InChI is InChI=1S/C6H4BN3/c7-5-1-4(9)3-10-6(5)2-8/h1,3H,9H2. The summed E-state index contributed by atoms with van der Waals surface area (Å²) in [5.41, 5.74) is 6.34. The zero-order chi connectivity index (χ0) is 7.56. The van der Waals surface area contributed by atoms with Gasteiger partial charge >= 0.3 is 0 Å². The van der Waals surface area contributed by atoms with Gasteiger partial charge in [-0.2, -0.15) is 5.26 Å². The van der Waals surface area contributed by atoms with Crippen molar-refractivity contribution in [3.8, 4) is 6.07 Å². The summed E-state index contributed by atoms with van der Waals surface area (Å²) in [6.45, 7) is 0. The first kappa shape index (κ1) is 6.62. The van der Waals surface area contributed by atoms with E-state index >= 15 is 0 Å². The van der Waals surface area contributed by atoms with Gasteiger partial charge in [0, 0.05) is 5.69 Å². The van der Waals surface area contributed by atoms with E-state index in [1.165, 1.54) is 12.3 Å². The fraction of sp³-hybridized carbons (Fsp3) is 0. The second-order valence-electron chi connectivity index (χ2n) is 1.82. The Bertz CT molecular complexity index is 290. The molecule has 1 heterocycles. The number of nitrogens with zero attached hydrogens (tertiary/aromatic N) is 2. The van der Waals surface area contributed by atoms with Crippen molar-refractivity contribution in [2.45, 2.75) is 0 Å². The third-order valence-corrected chi connectivity index (χ3v) is 1.04. The van der Waals surface area contributed by atoms with Crippen molar-refractivity contribution < 1.29 is 0 Å². The average Bonchev–Trinajstić information content (AvgIpc) is 1.88. The molecule has 0 saturated carbocycles. The summed E-state index contributed by atoms with van der Waals surface area (Å²) in [6.07, 6.45) is 1.40. The highest BCUT2D eigenvalue weighted by Gasteiger charge is 1.95. The van der Waals surface area contributed by atoms with Gasteiger partial charge in [0.1, 0.15) is 19.6 Å². The lowest BCUT2D eigenvalue weighted by Gasteiger charge is -1.95. The highest BCUT2D eigenvalue weighted by molar-refractivity contribution is 6.33. The Morgan fingerprint density at radius 2 is 2.40 bits per heavy atom. The largest absolute Gasteiger partial charge is 0.397 e. The molecule has 0 aliphatic rings. The van der Waals surface area contributed by atoms with Crippen molar-refractivity contribution in [2.24, 2.45) is 0 Å². The van der Waals surface area contributed by atoms with Crippen LogP contribution in [0.5, 0.6) is 0 Å². The van der Waals surface area contributed by atoms with Crippen LogP contribution in [-0.2, 0) is 0 Å². The van der Waals surface area contributed by atoms with Crippen molar-refractivity contribution in [1.29, 1.82) is 5.26 Å². The third-order valence-electron chi connectivity index (χ3n) is 1.04. The molecule has 0 atom stereocenters. The Kier molecular flexibility index (Phi) is 1.59. The molecule has 0 aliphatic heterocycles. The first-order valence-electron chi connectivity index (χ1n) is 2.65. The Labute approximate surface area is 59.9 Å². The van der Waals surface area contributed by atoms with Gasteiger partial charge in [-0.15, -0.1) is 0 Å². The molecule has 0 saturated heterocycles. The lowest BCUT2D eigenvalue weighted by atomic mass is 9.94. The predicted octanol–water partition coefficient (Wildman–Crippen LogP) is -0.671. The van der Waals surface area contributed by atoms with Crippen molar-refractivity contribution in [3.05, 3.63) is 18.0 Å². The minimum absolute atomic E-state index is 0.217. The molecular weight excluding hydrogens is 125 g/mol. The predicted molar refractivity (Wildman–Crippen MR) is 38.8 cm³/mol. The number of pyridine rings is 1. The lowest BCUT2D eigenvalue weighted by molar-refractivity contribution is 1.29. The number of nitrogen functional groups attached to an aromatic ring is 1. The van der Waals surface area contributed by atoms with Crippen LogP contribution in [0.15, 0.2) is 12.3 Å². The molecule has 2 radical (unpaired) electrons. The van der Waals surface area contributed by atoms with Gasteiger partial charge in [0.05, 0.1) is 6.20 Å². The van der Waals surface area contributed by atoms with Crippen LogP contribution in [0.3, 0.4) is 0 Å². The first-order chi connectivity index (χ1) is 4.74. The Balaban J connectivity index is 3.23. The van der Waals surface area contributed by atoms with Gasteiger partial charge in [-0.1, -0.05) is 5.46 Å². The molecule has 0 aromatic carbocycles. The Hall–Kier alpha value is -1.50. The second-order valence-corrected chi connectivity index (χ2v) is 1.82. The highest BCUT2D eigenvalue weighted by atomic mass is 14.7. The molecule has 10 heavy (non-hydrogen) atoms. The van der Waals surface area contributed by atoms with E-state index in [1.54, 1.807) is 0 Å². The number of nitrogens with two attached hydrogens (primary N) is 1. The lowest BCUT2D eigenvalue weighted by Crippen LogP contribution is -2.10. The van der Waals surface area contributed by atoms with Crippen molar-refractivity contribution in [1.82, 2.24) is 4.98 Å². The monoisotopic (exact) mass is 129 g/mol. The average molecular weight is 129 g/mol. The summed E-state index contributed by atoms with van der Waals surface area (Å²) in [4.78, 5) is 3.69. The normalized spacial score (nSPS) is 8.70. The SMILES string of the molecule is [B]c1cc(N)cnc1C#N. The maximum Gasteiger partial charge on any atom is 0.133 e.